The molecule has 0 fully saturated rings. The highest BCUT2D eigenvalue weighted by Crippen LogP contribution is 2.20. The Labute approximate surface area is 96.9 Å². The van der Waals surface area contributed by atoms with Gasteiger partial charge in [-0.15, -0.1) is 0 Å². The number of carbonyl (C=O) groups excluding carboxylic acids is 1. The van der Waals surface area contributed by atoms with E-state index in [1.165, 1.54) is 6.07 Å². The summed E-state index contributed by atoms with van der Waals surface area (Å²) in [5, 5.41) is 9.43. The summed E-state index contributed by atoms with van der Waals surface area (Å²) in [7, 11) is 1.73. The monoisotopic (exact) mass is 305 g/mol. The Kier molecular flexibility index (Phi) is 3.74. The second-order valence-electron chi connectivity index (χ2n) is 2.99. The summed E-state index contributed by atoms with van der Waals surface area (Å²) in [5.41, 5.74) is 0.521. The van der Waals surface area contributed by atoms with Crippen molar-refractivity contribution in [1.29, 1.82) is 0 Å². The number of phenols is 1. The molecule has 0 bridgehead atoms. The molecular formula is C10H12INO2. The molecule has 0 aliphatic heterocycles. The Morgan fingerprint density at radius 2 is 2.21 bits per heavy atom. The normalized spacial score (nSPS) is 9.93. The Morgan fingerprint density at radius 3 is 2.71 bits per heavy atom. The Morgan fingerprint density at radius 1 is 1.57 bits per heavy atom. The third-order valence-corrected chi connectivity index (χ3v) is 2.93. The van der Waals surface area contributed by atoms with E-state index in [1.54, 1.807) is 24.1 Å². The average molecular weight is 305 g/mol. The van der Waals surface area contributed by atoms with E-state index in [0.29, 0.717) is 12.1 Å². The highest BCUT2D eigenvalue weighted by Gasteiger charge is 2.11. The molecule has 0 heterocycles. The molecule has 1 amide bonds. The molecule has 4 heteroatoms. The van der Waals surface area contributed by atoms with Crippen molar-refractivity contribution < 1.29 is 9.90 Å². The number of amides is 1. The summed E-state index contributed by atoms with van der Waals surface area (Å²) < 4.78 is 0.748. The van der Waals surface area contributed by atoms with E-state index in [-0.39, 0.29) is 11.7 Å². The fourth-order valence-corrected chi connectivity index (χ4v) is 1.35. The third-order valence-electron chi connectivity index (χ3n) is 2.01. The number of rotatable bonds is 2. The molecule has 0 saturated heterocycles. The average Bonchev–Trinajstić information content (AvgIpc) is 2.20. The lowest BCUT2D eigenvalue weighted by Crippen LogP contribution is -2.26. The van der Waals surface area contributed by atoms with Gasteiger partial charge < -0.3 is 10.0 Å². The molecule has 1 rings (SSSR count). The molecule has 0 radical (unpaired) electrons. The van der Waals surface area contributed by atoms with Gasteiger partial charge in [0.25, 0.3) is 5.91 Å². The van der Waals surface area contributed by atoms with Crippen LogP contribution in [0.5, 0.6) is 5.75 Å². The highest BCUT2D eigenvalue weighted by atomic mass is 127. The number of carbonyl (C=O) groups is 1. The van der Waals surface area contributed by atoms with Gasteiger partial charge in [-0.3, -0.25) is 4.79 Å². The zero-order chi connectivity index (χ0) is 10.7. The number of phenolic OH excluding ortho intramolecular Hbond substituents is 1. The summed E-state index contributed by atoms with van der Waals surface area (Å²) in [6.07, 6.45) is 0. The van der Waals surface area contributed by atoms with Crippen molar-refractivity contribution in [3.63, 3.8) is 0 Å². The van der Waals surface area contributed by atoms with Crippen LogP contribution in [-0.4, -0.2) is 29.5 Å². The summed E-state index contributed by atoms with van der Waals surface area (Å²) in [5.74, 6) is 0.0835. The van der Waals surface area contributed by atoms with Crippen molar-refractivity contribution in [1.82, 2.24) is 4.90 Å². The smallest absolute Gasteiger partial charge is 0.253 e. The van der Waals surface area contributed by atoms with Gasteiger partial charge in [0.05, 0.1) is 3.57 Å². The minimum Gasteiger partial charge on any atom is -0.507 e. The van der Waals surface area contributed by atoms with Gasteiger partial charge in [-0.05, 0) is 47.7 Å². The van der Waals surface area contributed by atoms with Crippen LogP contribution < -0.4 is 0 Å². The fourth-order valence-electron chi connectivity index (χ4n) is 1.01. The van der Waals surface area contributed by atoms with Crippen molar-refractivity contribution in [2.24, 2.45) is 0 Å². The van der Waals surface area contributed by atoms with Crippen molar-refractivity contribution in [3.8, 4) is 5.75 Å². The van der Waals surface area contributed by atoms with E-state index in [9.17, 15) is 9.90 Å². The second kappa shape index (κ2) is 4.63. The van der Waals surface area contributed by atoms with Crippen molar-refractivity contribution >= 4 is 28.5 Å². The minimum atomic E-state index is -0.0702. The maximum Gasteiger partial charge on any atom is 0.253 e. The first kappa shape index (κ1) is 11.3. The molecule has 3 nitrogen and oxygen atoms in total. The molecule has 0 aliphatic carbocycles. The predicted molar refractivity (Wildman–Crippen MR) is 63.5 cm³/mol. The van der Waals surface area contributed by atoms with Crippen LogP contribution in [0.15, 0.2) is 18.2 Å². The predicted octanol–water partition coefficient (Wildman–Crippen LogP) is 2.09. The van der Waals surface area contributed by atoms with E-state index >= 15 is 0 Å². The minimum absolute atomic E-state index is 0.0702. The molecular weight excluding hydrogens is 293 g/mol. The molecule has 0 aromatic heterocycles. The van der Waals surface area contributed by atoms with E-state index in [2.05, 4.69) is 0 Å². The van der Waals surface area contributed by atoms with Gasteiger partial charge >= 0.3 is 0 Å². The standard InChI is InChI=1S/C10H12INO2/c1-3-12(2)10(14)7-4-5-8(11)9(13)6-7/h4-6,13H,3H2,1-2H3. The lowest BCUT2D eigenvalue weighted by Gasteiger charge is -2.14. The number of aromatic hydroxyl groups is 1. The topological polar surface area (TPSA) is 40.5 Å². The van der Waals surface area contributed by atoms with E-state index in [0.717, 1.165) is 3.57 Å². The number of hydrogen-bond acceptors (Lipinski definition) is 2. The Balaban J connectivity index is 2.97. The fraction of sp³-hybridized carbons (Fsp3) is 0.300. The van der Waals surface area contributed by atoms with Gasteiger partial charge in [-0.25, -0.2) is 0 Å². The van der Waals surface area contributed by atoms with Gasteiger partial charge in [0.1, 0.15) is 5.75 Å². The first-order chi connectivity index (χ1) is 6.56. The number of benzene rings is 1. The van der Waals surface area contributed by atoms with Crippen LogP contribution in [0.2, 0.25) is 0 Å². The quantitative estimate of drug-likeness (QED) is 0.850. The third kappa shape index (κ3) is 2.37. The van der Waals surface area contributed by atoms with Crippen molar-refractivity contribution in [2.75, 3.05) is 13.6 Å². The molecule has 0 spiro atoms. The van der Waals surface area contributed by atoms with Gasteiger partial charge in [0, 0.05) is 19.2 Å². The van der Waals surface area contributed by atoms with E-state index in [1.807, 2.05) is 29.5 Å². The lowest BCUT2D eigenvalue weighted by molar-refractivity contribution is 0.0802. The van der Waals surface area contributed by atoms with Crippen molar-refractivity contribution in [2.45, 2.75) is 6.92 Å². The second-order valence-corrected chi connectivity index (χ2v) is 4.15. The Bertz CT molecular complexity index is 352. The molecule has 0 unspecified atom stereocenters. The SMILES string of the molecule is CCN(C)C(=O)c1ccc(I)c(O)c1. The maximum atomic E-state index is 11.7. The van der Waals surface area contributed by atoms with E-state index < -0.39 is 0 Å². The zero-order valence-corrected chi connectivity index (χ0v) is 10.3. The first-order valence-electron chi connectivity index (χ1n) is 4.30. The molecule has 0 saturated carbocycles. The molecule has 14 heavy (non-hydrogen) atoms. The van der Waals surface area contributed by atoms with Crippen LogP contribution in [0.4, 0.5) is 0 Å². The Hall–Kier alpha value is -0.780. The van der Waals surface area contributed by atoms with Gasteiger partial charge in [-0.2, -0.15) is 0 Å². The first-order valence-corrected chi connectivity index (χ1v) is 5.38. The van der Waals surface area contributed by atoms with Crippen LogP contribution in [0, 0.1) is 3.57 Å². The molecule has 0 aliphatic rings. The van der Waals surface area contributed by atoms with Crippen LogP contribution >= 0.6 is 22.6 Å². The summed E-state index contributed by atoms with van der Waals surface area (Å²) in [6.45, 7) is 2.57. The summed E-state index contributed by atoms with van der Waals surface area (Å²) >= 11 is 2.02. The number of halogens is 1. The molecule has 1 aromatic carbocycles. The molecule has 76 valence electrons. The van der Waals surface area contributed by atoms with Crippen molar-refractivity contribution in [3.05, 3.63) is 27.3 Å². The molecule has 1 N–H and O–H groups in total. The van der Waals surface area contributed by atoms with Crippen LogP contribution in [-0.2, 0) is 0 Å². The zero-order valence-electron chi connectivity index (χ0n) is 8.12. The lowest BCUT2D eigenvalue weighted by atomic mass is 10.2. The maximum absolute atomic E-state index is 11.7. The summed E-state index contributed by atoms with van der Waals surface area (Å²) in [4.78, 5) is 13.3. The van der Waals surface area contributed by atoms with Crippen LogP contribution in [0.25, 0.3) is 0 Å². The number of hydrogen-bond donors (Lipinski definition) is 1. The van der Waals surface area contributed by atoms with Gasteiger partial charge in [-0.1, -0.05) is 0 Å². The summed E-state index contributed by atoms with van der Waals surface area (Å²) in [6, 6.07) is 4.94. The largest absolute Gasteiger partial charge is 0.507 e. The van der Waals surface area contributed by atoms with E-state index in [4.69, 9.17) is 0 Å². The van der Waals surface area contributed by atoms with Crippen LogP contribution in [0.1, 0.15) is 17.3 Å². The highest BCUT2D eigenvalue weighted by molar-refractivity contribution is 14.1. The molecule has 0 atom stereocenters. The van der Waals surface area contributed by atoms with Gasteiger partial charge in [0.15, 0.2) is 0 Å². The van der Waals surface area contributed by atoms with Crippen LogP contribution in [0.3, 0.4) is 0 Å². The molecule has 1 aromatic rings. The number of nitrogens with zero attached hydrogens (tertiary/aromatic N) is 1. The van der Waals surface area contributed by atoms with Gasteiger partial charge in [0.2, 0.25) is 0 Å².